The van der Waals surface area contributed by atoms with Gasteiger partial charge in [-0.2, -0.15) is 0 Å². The lowest BCUT2D eigenvalue weighted by Gasteiger charge is -2.58. The van der Waals surface area contributed by atoms with Crippen LogP contribution in [0.1, 0.15) is 112 Å². The highest BCUT2D eigenvalue weighted by Gasteiger charge is 2.59. The van der Waals surface area contributed by atoms with Crippen molar-refractivity contribution in [3.63, 3.8) is 0 Å². The highest BCUT2D eigenvalue weighted by molar-refractivity contribution is 5.25. The number of hydrogen-bond acceptors (Lipinski definition) is 2. The predicted molar refractivity (Wildman–Crippen MR) is 134 cm³/mol. The quantitative estimate of drug-likeness (QED) is 0.402. The molecule has 2 heteroatoms. The average molecular weight is 445 g/mol. The maximum Gasteiger partial charge on any atom is 0.0577 e. The molecule has 0 saturated heterocycles. The van der Waals surface area contributed by atoms with E-state index in [4.69, 9.17) is 0 Å². The molecule has 3 fully saturated rings. The summed E-state index contributed by atoms with van der Waals surface area (Å²) in [6.07, 6.45) is 15.5. The van der Waals surface area contributed by atoms with Gasteiger partial charge in [0.25, 0.3) is 0 Å². The van der Waals surface area contributed by atoms with E-state index in [2.05, 4.69) is 47.6 Å². The van der Waals surface area contributed by atoms with Crippen LogP contribution in [-0.4, -0.2) is 22.4 Å². The minimum Gasteiger partial charge on any atom is -0.393 e. The Balaban J connectivity index is 1.48. The molecule has 2 nitrogen and oxygen atoms in total. The molecule has 3 unspecified atom stereocenters. The summed E-state index contributed by atoms with van der Waals surface area (Å²) in [6.45, 7) is 14.5. The maximum atomic E-state index is 11.2. The van der Waals surface area contributed by atoms with Crippen molar-refractivity contribution in [2.75, 3.05) is 0 Å². The van der Waals surface area contributed by atoms with E-state index in [1.54, 1.807) is 5.57 Å². The second-order valence-corrected chi connectivity index (χ2v) is 13.4. The Labute approximate surface area is 198 Å². The van der Waals surface area contributed by atoms with E-state index in [0.717, 1.165) is 49.4 Å². The molecule has 0 aliphatic heterocycles. The zero-order valence-corrected chi connectivity index (χ0v) is 21.9. The number of hydrogen-bond donors (Lipinski definition) is 2. The fourth-order valence-corrected chi connectivity index (χ4v) is 9.64. The van der Waals surface area contributed by atoms with E-state index in [-0.39, 0.29) is 12.2 Å². The number of fused-ring (bicyclic) bond motifs is 5. The van der Waals surface area contributed by atoms with Crippen molar-refractivity contribution in [1.29, 1.82) is 0 Å². The summed E-state index contributed by atoms with van der Waals surface area (Å²) in [7, 11) is 0. The first kappa shape index (κ1) is 24.8. The summed E-state index contributed by atoms with van der Waals surface area (Å²) in [5.41, 5.74) is 2.38. The van der Waals surface area contributed by atoms with Gasteiger partial charge in [-0.1, -0.05) is 59.6 Å². The standard InChI is InChI=1S/C30H52O2/c1-7-8-23(19(2)3)28(32)17-20(4)25-11-12-26-24-10-9-21-18-22(31)13-15-29(21,5)27(24)14-16-30(25,26)6/h9,19-20,22-28,31-32H,7-8,10-18H2,1-6H3/t20-,22+,23-,24?,25-,26?,27?,28+,29+,30-/m1/s1. The molecule has 184 valence electrons. The summed E-state index contributed by atoms with van der Waals surface area (Å²) in [5, 5.41) is 21.4. The van der Waals surface area contributed by atoms with Crippen LogP contribution in [0.2, 0.25) is 0 Å². The second kappa shape index (κ2) is 9.37. The van der Waals surface area contributed by atoms with Gasteiger partial charge < -0.3 is 10.2 Å². The summed E-state index contributed by atoms with van der Waals surface area (Å²) in [5.74, 6) is 4.91. The van der Waals surface area contributed by atoms with Gasteiger partial charge in [0.05, 0.1) is 12.2 Å². The van der Waals surface area contributed by atoms with Crippen LogP contribution >= 0.6 is 0 Å². The van der Waals surface area contributed by atoms with Crippen LogP contribution in [0.4, 0.5) is 0 Å². The van der Waals surface area contributed by atoms with E-state index >= 15 is 0 Å². The van der Waals surface area contributed by atoms with Crippen LogP contribution in [0.5, 0.6) is 0 Å². The third kappa shape index (κ3) is 4.15. The lowest BCUT2D eigenvalue weighted by Crippen LogP contribution is -2.51. The normalized spacial score (nSPS) is 44.3. The number of aliphatic hydroxyl groups excluding tert-OH is 2. The molecule has 10 atom stereocenters. The Morgan fingerprint density at radius 1 is 1.03 bits per heavy atom. The minimum atomic E-state index is -0.142. The SMILES string of the molecule is CCC[C@H](C(C)C)[C@@H](O)C[C@@H](C)[C@H]1CCC2C3CC=C4C[C@@H](O)CC[C@]4(C)C3CC[C@@]21C. The van der Waals surface area contributed by atoms with Gasteiger partial charge in [-0.3, -0.25) is 0 Å². The van der Waals surface area contributed by atoms with Crippen molar-refractivity contribution in [2.45, 2.75) is 124 Å². The number of aliphatic hydroxyl groups is 2. The fraction of sp³-hybridized carbons (Fsp3) is 0.933. The minimum absolute atomic E-state index is 0.106. The van der Waals surface area contributed by atoms with Gasteiger partial charge in [-0.25, -0.2) is 0 Å². The van der Waals surface area contributed by atoms with Gasteiger partial charge in [0.1, 0.15) is 0 Å². The maximum absolute atomic E-state index is 11.2. The van der Waals surface area contributed by atoms with E-state index in [1.807, 2.05) is 0 Å². The molecule has 0 spiro atoms. The van der Waals surface area contributed by atoms with Crippen molar-refractivity contribution in [3.8, 4) is 0 Å². The number of rotatable bonds is 7. The Hall–Kier alpha value is -0.340. The van der Waals surface area contributed by atoms with Gasteiger partial charge in [0.2, 0.25) is 0 Å². The third-order valence-electron chi connectivity index (χ3n) is 11.4. The smallest absolute Gasteiger partial charge is 0.0577 e. The van der Waals surface area contributed by atoms with Gasteiger partial charge >= 0.3 is 0 Å². The first-order valence-corrected chi connectivity index (χ1v) is 14.2. The lowest BCUT2D eigenvalue weighted by molar-refractivity contribution is -0.0614. The molecule has 4 aliphatic rings. The van der Waals surface area contributed by atoms with Crippen LogP contribution in [-0.2, 0) is 0 Å². The first-order valence-electron chi connectivity index (χ1n) is 14.2. The molecular weight excluding hydrogens is 392 g/mol. The summed E-state index contributed by atoms with van der Waals surface area (Å²) in [4.78, 5) is 0. The fourth-order valence-electron chi connectivity index (χ4n) is 9.64. The molecule has 2 N–H and O–H groups in total. The van der Waals surface area contributed by atoms with Crippen molar-refractivity contribution in [3.05, 3.63) is 11.6 Å². The lowest BCUT2D eigenvalue weighted by atomic mass is 9.47. The monoisotopic (exact) mass is 444 g/mol. The van der Waals surface area contributed by atoms with E-state index in [0.29, 0.717) is 28.6 Å². The molecule has 0 aromatic heterocycles. The Kier molecular flexibility index (Phi) is 7.25. The van der Waals surface area contributed by atoms with Crippen LogP contribution in [0, 0.1) is 52.3 Å². The van der Waals surface area contributed by atoms with Crippen molar-refractivity contribution >= 4 is 0 Å². The predicted octanol–water partition coefficient (Wildman–Crippen LogP) is 7.39. The van der Waals surface area contributed by atoms with Crippen LogP contribution < -0.4 is 0 Å². The van der Waals surface area contributed by atoms with Crippen molar-refractivity contribution < 1.29 is 10.2 Å². The largest absolute Gasteiger partial charge is 0.393 e. The average Bonchev–Trinajstić information content (AvgIpc) is 3.09. The second-order valence-electron chi connectivity index (χ2n) is 13.4. The summed E-state index contributed by atoms with van der Waals surface area (Å²) >= 11 is 0. The van der Waals surface area contributed by atoms with Crippen LogP contribution in [0.15, 0.2) is 11.6 Å². The van der Waals surface area contributed by atoms with E-state index in [1.165, 1.54) is 44.9 Å². The van der Waals surface area contributed by atoms with Gasteiger partial charge in [-0.05, 0) is 116 Å². The van der Waals surface area contributed by atoms with Gasteiger partial charge in [0.15, 0.2) is 0 Å². The Bertz CT molecular complexity index is 682. The van der Waals surface area contributed by atoms with Crippen LogP contribution in [0.25, 0.3) is 0 Å². The van der Waals surface area contributed by atoms with Crippen molar-refractivity contribution in [1.82, 2.24) is 0 Å². The molecule has 0 aromatic rings. The Morgan fingerprint density at radius 2 is 1.78 bits per heavy atom. The molecule has 32 heavy (non-hydrogen) atoms. The highest BCUT2D eigenvalue weighted by Crippen LogP contribution is 2.67. The number of allylic oxidation sites excluding steroid dienone is 1. The van der Waals surface area contributed by atoms with Gasteiger partial charge in [0, 0.05) is 0 Å². The first-order chi connectivity index (χ1) is 15.1. The molecule has 0 bridgehead atoms. The molecule has 3 saturated carbocycles. The summed E-state index contributed by atoms with van der Waals surface area (Å²) in [6, 6.07) is 0. The third-order valence-corrected chi connectivity index (χ3v) is 11.4. The van der Waals surface area contributed by atoms with E-state index in [9.17, 15) is 10.2 Å². The molecule has 0 amide bonds. The summed E-state index contributed by atoms with van der Waals surface area (Å²) < 4.78 is 0. The molecule has 0 aromatic carbocycles. The van der Waals surface area contributed by atoms with E-state index < -0.39 is 0 Å². The zero-order chi connectivity index (χ0) is 23.3. The Morgan fingerprint density at radius 3 is 2.47 bits per heavy atom. The molecule has 4 aliphatic carbocycles. The van der Waals surface area contributed by atoms with Crippen molar-refractivity contribution in [2.24, 2.45) is 52.3 Å². The zero-order valence-electron chi connectivity index (χ0n) is 21.9. The molecular formula is C30H52O2. The van der Waals surface area contributed by atoms with Crippen LogP contribution in [0.3, 0.4) is 0 Å². The molecule has 0 heterocycles. The van der Waals surface area contributed by atoms with Gasteiger partial charge in [-0.15, -0.1) is 0 Å². The molecule has 4 rings (SSSR count). The molecule has 0 radical (unpaired) electrons. The topological polar surface area (TPSA) is 40.5 Å². The highest BCUT2D eigenvalue weighted by atomic mass is 16.3.